The van der Waals surface area contributed by atoms with Gasteiger partial charge in [-0.15, -0.1) is 0 Å². The third-order valence-electron chi connectivity index (χ3n) is 2.70. The largest absolute Gasteiger partial charge is 0.333 e. The van der Waals surface area contributed by atoms with Crippen molar-refractivity contribution in [3.63, 3.8) is 0 Å². The molecule has 0 unspecified atom stereocenters. The SMILES string of the molecule is Cc1nc2n(n1)CCN(C(=O)CC(C)C)C2. The Morgan fingerprint density at radius 2 is 2.19 bits per heavy atom. The van der Waals surface area contributed by atoms with E-state index in [9.17, 15) is 4.79 Å². The number of aromatic nitrogens is 3. The van der Waals surface area contributed by atoms with Crippen molar-refractivity contribution < 1.29 is 4.79 Å². The quantitative estimate of drug-likeness (QED) is 0.749. The predicted octanol–water partition coefficient (Wildman–Crippen LogP) is 0.975. The van der Waals surface area contributed by atoms with Gasteiger partial charge in [0.1, 0.15) is 11.6 Å². The van der Waals surface area contributed by atoms with Crippen molar-refractivity contribution in [2.75, 3.05) is 6.54 Å². The number of amides is 1. The first-order chi connectivity index (χ1) is 7.56. The second kappa shape index (κ2) is 4.23. The summed E-state index contributed by atoms with van der Waals surface area (Å²) in [6.45, 7) is 8.13. The van der Waals surface area contributed by atoms with E-state index in [-0.39, 0.29) is 5.91 Å². The lowest BCUT2D eigenvalue weighted by atomic mass is 10.1. The van der Waals surface area contributed by atoms with Gasteiger partial charge in [-0.1, -0.05) is 13.8 Å². The Hall–Kier alpha value is -1.39. The summed E-state index contributed by atoms with van der Waals surface area (Å²) < 4.78 is 1.90. The van der Waals surface area contributed by atoms with Gasteiger partial charge < -0.3 is 4.90 Å². The number of carbonyl (C=O) groups is 1. The van der Waals surface area contributed by atoms with Gasteiger partial charge in [0.05, 0.1) is 13.1 Å². The maximum atomic E-state index is 11.9. The number of hydrogen-bond acceptors (Lipinski definition) is 3. The van der Waals surface area contributed by atoms with Crippen molar-refractivity contribution in [2.45, 2.75) is 40.3 Å². The van der Waals surface area contributed by atoms with Gasteiger partial charge in [0.2, 0.25) is 5.91 Å². The van der Waals surface area contributed by atoms with Crippen LogP contribution in [-0.4, -0.2) is 32.1 Å². The molecule has 0 saturated heterocycles. The van der Waals surface area contributed by atoms with E-state index >= 15 is 0 Å². The highest BCUT2D eigenvalue weighted by Crippen LogP contribution is 2.13. The highest BCUT2D eigenvalue weighted by Gasteiger charge is 2.22. The van der Waals surface area contributed by atoms with Gasteiger partial charge in [0, 0.05) is 13.0 Å². The van der Waals surface area contributed by atoms with Crippen LogP contribution in [0.25, 0.3) is 0 Å². The maximum absolute atomic E-state index is 11.9. The van der Waals surface area contributed by atoms with Crippen LogP contribution in [0.5, 0.6) is 0 Å². The molecule has 0 N–H and O–H groups in total. The molecular formula is C11H18N4O. The zero-order valence-corrected chi connectivity index (χ0v) is 10.1. The highest BCUT2D eigenvalue weighted by atomic mass is 16.2. The Balaban J connectivity index is 2.04. The summed E-state index contributed by atoms with van der Waals surface area (Å²) in [6, 6.07) is 0. The topological polar surface area (TPSA) is 51.0 Å². The molecule has 2 rings (SSSR count). The smallest absolute Gasteiger partial charge is 0.223 e. The fraction of sp³-hybridized carbons (Fsp3) is 0.727. The van der Waals surface area contributed by atoms with Crippen LogP contribution in [0.1, 0.15) is 31.9 Å². The van der Waals surface area contributed by atoms with Gasteiger partial charge in [0.25, 0.3) is 0 Å². The summed E-state index contributed by atoms with van der Waals surface area (Å²) in [5, 5.41) is 4.27. The van der Waals surface area contributed by atoms with Crippen LogP contribution >= 0.6 is 0 Å². The van der Waals surface area contributed by atoms with E-state index in [0.717, 1.165) is 24.7 Å². The summed E-state index contributed by atoms with van der Waals surface area (Å²) >= 11 is 0. The summed E-state index contributed by atoms with van der Waals surface area (Å²) in [5.41, 5.74) is 0. The molecule has 88 valence electrons. The minimum atomic E-state index is 0.224. The number of hydrogen-bond donors (Lipinski definition) is 0. The Labute approximate surface area is 95.5 Å². The number of nitrogens with zero attached hydrogens (tertiary/aromatic N) is 4. The standard InChI is InChI=1S/C11H18N4O/c1-8(2)6-11(16)14-4-5-15-10(7-14)12-9(3)13-15/h8H,4-7H2,1-3H3. The average Bonchev–Trinajstić information content (AvgIpc) is 2.55. The molecule has 1 aliphatic rings. The number of aryl methyl sites for hydroxylation is 1. The van der Waals surface area contributed by atoms with E-state index in [1.807, 2.05) is 16.5 Å². The molecule has 0 bridgehead atoms. The minimum absolute atomic E-state index is 0.224. The van der Waals surface area contributed by atoms with Gasteiger partial charge in [-0.25, -0.2) is 9.67 Å². The average molecular weight is 222 g/mol. The van der Waals surface area contributed by atoms with Crippen LogP contribution in [0, 0.1) is 12.8 Å². The van der Waals surface area contributed by atoms with Crippen molar-refractivity contribution in [1.82, 2.24) is 19.7 Å². The van der Waals surface area contributed by atoms with Crippen LogP contribution in [0.15, 0.2) is 0 Å². The summed E-state index contributed by atoms with van der Waals surface area (Å²) in [6.07, 6.45) is 0.618. The molecule has 0 aromatic carbocycles. The third kappa shape index (κ3) is 2.23. The predicted molar refractivity (Wildman–Crippen MR) is 59.6 cm³/mol. The second-order valence-corrected chi connectivity index (χ2v) is 4.71. The molecule has 0 spiro atoms. The van der Waals surface area contributed by atoms with Crippen LogP contribution < -0.4 is 0 Å². The first kappa shape index (κ1) is 11.1. The molecule has 2 heterocycles. The molecule has 1 aliphatic heterocycles. The van der Waals surface area contributed by atoms with Crippen molar-refractivity contribution in [3.8, 4) is 0 Å². The lowest BCUT2D eigenvalue weighted by molar-refractivity contribution is -0.133. The zero-order chi connectivity index (χ0) is 11.7. The fourth-order valence-electron chi connectivity index (χ4n) is 1.95. The first-order valence-electron chi connectivity index (χ1n) is 5.74. The minimum Gasteiger partial charge on any atom is -0.333 e. The van der Waals surface area contributed by atoms with Gasteiger partial charge in [-0.2, -0.15) is 5.10 Å². The van der Waals surface area contributed by atoms with Crippen molar-refractivity contribution in [2.24, 2.45) is 5.92 Å². The molecule has 0 fully saturated rings. The number of carbonyl (C=O) groups excluding carboxylic acids is 1. The van der Waals surface area contributed by atoms with E-state index in [4.69, 9.17) is 0 Å². The molecule has 16 heavy (non-hydrogen) atoms. The van der Waals surface area contributed by atoms with Crippen LogP contribution in [-0.2, 0) is 17.9 Å². The molecule has 0 saturated carbocycles. The fourth-order valence-corrected chi connectivity index (χ4v) is 1.95. The van der Waals surface area contributed by atoms with Crippen molar-refractivity contribution in [1.29, 1.82) is 0 Å². The molecule has 1 aromatic heterocycles. The molecule has 0 radical (unpaired) electrons. The molecule has 1 aromatic rings. The second-order valence-electron chi connectivity index (χ2n) is 4.71. The molecule has 5 heteroatoms. The van der Waals surface area contributed by atoms with Crippen molar-refractivity contribution in [3.05, 3.63) is 11.6 Å². The Kier molecular flexibility index (Phi) is 2.94. The van der Waals surface area contributed by atoms with Gasteiger partial charge in [-0.3, -0.25) is 4.79 Å². The van der Waals surface area contributed by atoms with E-state index in [1.165, 1.54) is 0 Å². The highest BCUT2D eigenvalue weighted by molar-refractivity contribution is 5.76. The number of rotatable bonds is 2. The van der Waals surface area contributed by atoms with Crippen molar-refractivity contribution >= 4 is 5.91 Å². The molecule has 1 amide bonds. The first-order valence-corrected chi connectivity index (χ1v) is 5.74. The zero-order valence-electron chi connectivity index (χ0n) is 10.1. The van der Waals surface area contributed by atoms with E-state index < -0.39 is 0 Å². The van der Waals surface area contributed by atoms with Crippen LogP contribution in [0.4, 0.5) is 0 Å². The molecular weight excluding hydrogens is 204 g/mol. The van der Waals surface area contributed by atoms with Crippen LogP contribution in [0.2, 0.25) is 0 Å². The molecule has 0 aliphatic carbocycles. The van der Waals surface area contributed by atoms with Crippen LogP contribution in [0.3, 0.4) is 0 Å². The monoisotopic (exact) mass is 222 g/mol. The molecule has 0 atom stereocenters. The number of fused-ring (bicyclic) bond motifs is 1. The summed E-state index contributed by atoms with van der Waals surface area (Å²) in [4.78, 5) is 18.1. The Morgan fingerprint density at radius 1 is 1.44 bits per heavy atom. The third-order valence-corrected chi connectivity index (χ3v) is 2.70. The maximum Gasteiger partial charge on any atom is 0.223 e. The lowest BCUT2D eigenvalue weighted by Crippen LogP contribution is -2.39. The normalized spacial score (nSPS) is 15.4. The van der Waals surface area contributed by atoms with E-state index in [0.29, 0.717) is 18.9 Å². The van der Waals surface area contributed by atoms with E-state index in [2.05, 4.69) is 23.9 Å². The summed E-state index contributed by atoms with van der Waals surface area (Å²) in [5.74, 6) is 2.32. The van der Waals surface area contributed by atoms with Gasteiger partial charge in [-0.05, 0) is 12.8 Å². The molecule has 5 nitrogen and oxygen atoms in total. The van der Waals surface area contributed by atoms with Gasteiger partial charge >= 0.3 is 0 Å². The van der Waals surface area contributed by atoms with E-state index in [1.54, 1.807) is 0 Å². The van der Waals surface area contributed by atoms with Gasteiger partial charge in [0.15, 0.2) is 0 Å². The lowest BCUT2D eigenvalue weighted by Gasteiger charge is -2.27. The Bertz CT molecular complexity index is 397. The Morgan fingerprint density at radius 3 is 2.88 bits per heavy atom. The summed E-state index contributed by atoms with van der Waals surface area (Å²) in [7, 11) is 0.